The van der Waals surface area contributed by atoms with Crippen LogP contribution in [0.2, 0.25) is 0 Å². The molecule has 0 saturated carbocycles. The minimum atomic E-state index is -0.0481. The minimum absolute atomic E-state index is 0.0481. The molecule has 0 aliphatic heterocycles. The lowest BCUT2D eigenvalue weighted by Crippen LogP contribution is -2.14. The molecule has 7 rings (SSSR count). The first-order valence-electron chi connectivity index (χ1n) is 12.4. The molecule has 6 aromatic rings. The third-order valence-corrected chi connectivity index (χ3v) is 7.85. The molecule has 0 bridgehead atoms. The van der Waals surface area contributed by atoms with Crippen LogP contribution in [-0.4, -0.2) is 0 Å². The van der Waals surface area contributed by atoms with Gasteiger partial charge in [-0.25, -0.2) is 0 Å². The summed E-state index contributed by atoms with van der Waals surface area (Å²) in [7, 11) is 0. The number of nitrogens with one attached hydrogen (secondary N) is 1. The summed E-state index contributed by atoms with van der Waals surface area (Å²) in [6.45, 7) is 6.85. The fourth-order valence-electron chi connectivity index (χ4n) is 6.12. The van der Waals surface area contributed by atoms with Crippen molar-refractivity contribution in [2.24, 2.45) is 0 Å². The monoisotopic (exact) mass is 449 g/mol. The van der Waals surface area contributed by atoms with Gasteiger partial charge in [-0.1, -0.05) is 80.6 Å². The normalized spacial score (nSPS) is 13.8. The van der Waals surface area contributed by atoms with Crippen LogP contribution >= 0.6 is 0 Å². The lowest BCUT2D eigenvalue weighted by molar-refractivity contribution is 0.661. The zero-order chi connectivity index (χ0) is 23.7. The third kappa shape index (κ3) is 2.94. The zero-order valence-electron chi connectivity index (χ0n) is 20.3. The van der Waals surface area contributed by atoms with Gasteiger partial charge in [0.15, 0.2) is 0 Å². The molecule has 0 radical (unpaired) electrons. The predicted molar refractivity (Wildman–Crippen MR) is 151 cm³/mol. The maximum Gasteiger partial charge on any atom is 0.0390 e. The summed E-state index contributed by atoms with van der Waals surface area (Å²) < 4.78 is 0. The van der Waals surface area contributed by atoms with Gasteiger partial charge >= 0.3 is 0 Å². The summed E-state index contributed by atoms with van der Waals surface area (Å²) in [6, 6.07) is 38.0. The molecule has 35 heavy (non-hydrogen) atoms. The first-order valence-corrected chi connectivity index (χ1v) is 12.4. The molecule has 0 fully saturated rings. The molecule has 0 heterocycles. The van der Waals surface area contributed by atoms with E-state index in [1.165, 1.54) is 60.1 Å². The molecule has 168 valence electrons. The van der Waals surface area contributed by atoms with Gasteiger partial charge in [-0.2, -0.15) is 0 Å². The average molecular weight is 450 g/mol. The van der Waals surface area contributed by atoms with Gasteiger partial charge in [0.1, 0.15) is 0 Å². The Balaban J connectivity index is 1.50. The average Bonchev–Trinajstić information content (AvgIpc) is 3.09. The highest BCUT2D eigenvalue weighted by Gasteiger charge is 2.36. The summed E-state index contributed by atoms with van der Waals surface area (Å²) in [5.41, 5.74) is 8.95. The fraction of sp³-hybridized carbons (Fsp3) is 0.118. The lowest BCUT2D eigenvalue weighted by Gasteiger charge is -2.22. The molecule has 0 saturated heterocycles. The Bertz CT molecular complexity index is 1810. The van der Waals surface area contributed by atoms with Crippen molar-refractivity contribution in [2.45, 2.75) is 26.2 Å². The third-order valence-electron chi connectivity index (χ3n) is 7.85. The summed E-state index contributed by atoms with van der Waals surface area (Å²) in [6.07, 6.45) is 0. The summed E-state index contributed by atoms with van der Waals surface area (Å²) in [4.78, 5) is 0. The first kappa shape index (κ1) is 20.3. The first-order chi connectivity index (χ1) is 17.0. The number of hydrogen-bond acceptors (Lipinski definition) is 1. The quantitative estimate of drug-likeness (QED) is 0.260. The second-order valence-corrected chi connectivity index (χ2v) is 10.4. The molecule has 6 aromatic carbocycles. The van der Waals surface area contributed by atoms with E-state index in [4.69, 9.17) is 0 Å². The molecule has 1 nitrogen and oxygen atoms in total. The largest absolute Gasteiger partial charge is 0.356 e. The van der Waals surface area contributed by atoms with Crippen molar-refractivity contribution in [3.63, 3.8) is 0 Å². The number of benzene rings is 6. The number of hydrogen-bond donors (Lipinski definition) is 1. The number of anilines is 2. The van der Waals surface area contributed by atoms with E-state index in [0.29, 0.717) is 0 Å². The molecule has 1 aliphatic rings. The molecule has 1 heteroatoms. The van der Waals surface area contributed by atoms with E-state index in [9.17, 15) is 0 Å². The second-order valence-electron chi connectivity index (χ2n) is 10.4. The van der Waals surface area contributed by atoms with Crippen LogP contribution in [0.15, 0.2) is 103 Å². The van der Waals surface area contributed by atoms with Crippen LogP contribution in [0.3, 0.4) is 0 Å². The molecule has 0 amide bonds. The summed E-state index contributed by atoms with van der Waals surface area (Å²) >= 11 is 0. The topological polar surface area (TPSA) is 12.0 Å². The van der Waals surface area contributed by atoms with Gasteiger partial charge < -0.3 is 5.32 Å². The van der Waals surface area contributed by atoms with E-state index in [1.807, 2.05) is 0 Å². The SMILES string of the molecule is Cc1cccc(Nc2ccc3c(c2)-c2cc4c5ccccc5c5ccccc5c4cc2C3(C)C)c1. The van der Waals surface area contributed by atoms with E-state index in [0.717, 1.165) is 11.4 Å². The van der Waals surface area contributed by atoms with E-state index in [-0.39, 0.29) is 5.41 Å². The molecule has 0 aromatic heterocycles. The van der Waals surface area contributed by atoms with Gasteiger partial charge in [-0.15, -0.1) is 0 Å². The highest BCUT2D eigenvalue weighted by atomic mass is 14.9. The molecule has 0 atom stereocenters. The van der Waals surface area contributed by atoms with Crippen LogP contribution < -0.4 is 5.32 Å². The maximum absolute atomic E-state index is 3.62. The van der Waals surface area contributed by atoms with E-state index in [1.54, 1.807) is 0 Å². The zero-order valence-corrected chi connectivity index (χ0v) is 20.3. The molecular formula is C34H27N. The van der Waals surface area contributed by atoms with Crippen molar-refractivity contribution in [1.82, 2.24) is 0 Å². The van der Waals surface area contributed by atoms with Crippen molar-refractivity contribution in [1.29, 1.82) is 0 Å². The molecule has 1 aliphatic carbocycles. The van der Waals surface area contributed by atoms with Crippen LogP contribution in [0.1, 0.15) is 30.5 Å². The highest BCUT2D eigenvalue weighted by Crippen LogP contribution is 2.52. The standard InChI is InChI=1S/C34H27N/c1-21-9-8-10-22(17-21)35-23-15-16-32-30(18-23)31-19-28-26-13-6-4-11-24(26)25-12-5-7-14-27(25)29(28)20-33(31)34(32,2)3/h4-20,35H,1-3H3. The Morgan fingerprint density at radius 1 is 0.486 bits per heavy atom. The number of aryl methyl sites for hydroxylation is 1. The van der Waals surface area contributed by atoms with Crippen LogP contribution in [-0.2, 0) is 5.41 Å². The van der Waals surface area contributed by atoms with Crippen LogP contribution in [0, 0.1) is 6.92 Å². The van der Waals surface area contributed by atoms with E-state index >= 15 is 0 Å². The maximum atomic E-state index is 3.62. The van der Waals surface area contributed by atoms with Crippen molar-refractivity contribution < 1.29 is 0 Å². The Kier molecular flexibility index (Phi) is 4.17. The van der Waals surface area contributed by atoms with Crippen molar-refractivity contribution in [3.8, 4) is 11.1 Å². The van der Waals surface area contributed by atoms with Gasteiger partial charge in [0.2, 0.25) is 0 Å². The van der Waals surface area contributed by atoms with Gasteiger partial charge in [-0.05, 0) is 103 Å². The van der Waals surface area contributed by atoms with E-state index < -0.39 is 0 Å². The van der Waals surface area contributed by atoms with Crippen LogP contribution in [0.25, 0.3) is 43.4 Å². The lowest BCUT2D eigenvalue weighted by atomic mass is 9.81. The molecule has 0 spiro atoms. The Morgan fingerprint density at radius 2 is 1.06 bits per heavy atom. The van der Waals surface area contributed by atoms with Crippen molar-refractivity contribution >= 4 is 43.7 Å². The van der Waals surface area contributed by atoms with Gasteiger partial charge in [-0.3, -0.25) is 0 Å². The summed E-state index contributed by atoms with van der Waals surface area (Å²) in [5, 5.41) is 11.6. The molecule has 1 N–H and O–H groups in total. The van der Waals surface area contributed by atoms with E-state index in [2.05, 4.69) is 129 Å². The predicted octanol–water partition coefficient (Wildman–Crippen LogP) is 9.50. The van der Waals surface area contributed by atoms with Gasteiger partial charge in [0.05, 0.1) is 0 Å². The Labute approximate surface area is 206 Å². The van der Waals surface area contributed by atoms with Gasteiger partial charge in [0, 0.05) is 16.8 Å². The Morgan fingerprint density at radius 3 is 1.71 bits per heavy atom. The smallest absolute Gasteiger partial charge is 0.0390 e. The van der Waals surface area contributed by atoms with Crippen LogP contribution in [0.5, 0.6) is 0 Å². The number of rotatable bonds is 2. The Hall–Kier alpha value is -4.10. The van der Waals surface area contributed by atoms with Crippen molar-refractivity contribution in [2.75, 3.05) is 5.32 Å². The number of fused-ring (bicyclic) bond motifs is 9. The van der Waals surface area contributed by atoms with Crippen molar-refractivity contribution in [3.05, 3.63) is 120 Å². The van der Waals surface area contributed by atoms with Crippen LogP contribution in [0.4, 0.5) is 11.4 Å². The minimum Gasteiger partial charge on any atom is -0.356 e. The fourth-order valence-corrected chi connectivity index (χ4v) is 6.12. The summed E-state index contributed by atoms with van der Waals surface area (Å²) in [5.74, 6) is 0. The molecular weight excluding hydrogens is 422 g/mol. The highest BCUT2D eigenvalue weighted by molar-refractivity contribution is 6.26. The van der Waals surface area contributed by atoms with Gasteiger partial charge in [0.25, 0.3) is 0 Å². The second kappa shape index (κ2) is 7.20. The molecule has 0 unspecified atom stereocenters.